The third-order valence-electron chi connectivity index (χ3n) is 4.94. The van der Waals surface area contributed by atoms with Crippen LogP contribution in [0.2, 0.25) is 5.02 Å². The second-order valence-electron chi connectivity index (χ2n) is 6.25. The van der Waals surface area contributed by atoms with Gasteiger partial charge in [-0.05, 0) is 50.3 Å². The van der Waals surface area contributed by atoms with Gasteiger partial charge in [0.15, 0.2) is 0 Å². The van der Waals surface area contributed by atoms with Crippen LogP contribution in [0.15, 0.2) is 18.2 Å². The van der Waals surface area contributed by atoms with Crippen molar-refractivity contribution in [3.8, 4) is 5.75 Å². The normalized spacial score (nSPS) is 29.3. The number of methoxy groups -OCH3 is 1. The molecule has 1 saturated carbocycles. The van der Waals surface area contributed by atoms with Gasteiger partial charge in [-0.15, -0.1) is 0 Å². The van der Waals surface area contributed by atoms with Gasteiger partial charge in [0.25, 0.3) is 0 Å². The highest BCUT2D eigenvalue weighted by atomic mass is 35.5. The Bertz CT molecular complexity index is 474. The second kappa shape index (κ2) is 6.89. The Morgan fingerprint density at radius 1 is 1.19 bits per heavy atom. The molecule has 2 aliphatic rings. The molecule has 3 nitrogen and oxygen atoms in total. The van der Waals surface area contributed by atoms with E-state index in [1.807, 2.05) is 12.1 Å². The number of benzene rings is 1. The van der Waals surface area contributed by atoms with Crippen LogP contribution in [-0.4, -0.2) is 25.7 Å². The Hall–Kier alpha value is -0.930. The van der Waals surface area contributed by atoms with Gasteiger partial charge in [-0.1, -0.05) is 24.4 Å². The van der Waals surface area contributed by atoms with Crippen molar-refractivity contribution in [1.82, 2.24) is 5.32 Å². The average Bonchev–Trinajstić information content (AvgIpc) is 3.04. The highest BCUT2D eigenvalue weighted by Crippen LogP contribution is 2.34. The van der Waals surface area contributed by atoms with Crippen molar-refractivity contribution in [1.29, 1.82) is 0 Å². The minimum atomic E-state index is 0.556. The van der Waals surface area contributed by atoms with E-state index in [0.29, 0.717) is 17.1 Å². The van der Waals surface area contributed by atoms with E-state index in [1.165, 1.54) is 45.1 Å². The first-order valence-electron chi connectivity index (χ1n) is 8.11. The summed E-state index contributed by atoms with van der Waals surface area (Å²) in [7, 11) is 1.66. The molecule has 116 valence electrons. The summed E-state index contributed by atoms with van der Waals surface area (Å²) in [6, 6.07) is 7.22. The predicted octanol–water partition coefficient (Wildman–Crippen LogP) is 4.07. The van der Waals surface area contributed by atoms with E-state index >= 15 is 0 Å². The number of rotatable bonds is 4. The van der Waals surface area contributed by atoms with E-state index in [2.05, 4.69) is 16.7 Å². The van der Waals surface area contributed by atoms with Gasteiger partial charge in [0.2, 0.25) is 0 Å². The zero-order valence-electron chi connectivity index (χ0n) is 12.7. The number of ether oxygens (including phenoxy) is 1. The van der Waals surface area contributed by atoms with Gasteiger partial charge < -0.3 is 15.4 Å². The number of anilines is 1. The molecular formula is C17H25ClN2O. The summed E-state index contributed by atoms with van der Waals surface area (Å²) >= 11 is 6.11. The van der Waals surface area contributed by atoms with Crippen LogP contribution >= 0.6 is 11.6 Å². The van der Waals surface area contributed by atoms with Gasteiger partial charge in [-0.3, -0.25) is 0 Å². The first kappa shape index (κ1) is 15.0. The standard InChI is InChI=1S/C17H25ClN2O/c1-21-17-11-12(8-9-14(17)18)20-16-6-3-2-5-13(16)15-7-4-10-19-15/h8-9,11,13,15-16,19-20H,2-7,10H2,1H3. The third kappa shape index (κ3) is 3.46. The van der Waals surface area contributed by atoms with Crippen molar-refractivity contribution in [2.24, 2.45) is 5.92 Å². The molecule has 2 N–H and O–H groups in total. The molecular weight excluding hydrogens is 284 g/mol. The fourth-order valence-electron chi connectivity index (χ4n) is 3.86. The molecule has 3 unspecified atom stereocenters. The first-order chi connectivity index (χ1) is 10.3. The molecule has 4 heteroatoms. The molecule has 0 aromatic heterocycles. The third-order valence-corrected chi connectivity index (χ3v) is 5.25. The van der Waals surface area contributed by atoms with Crippen LogP contribution in [-0.2, 0) is 0 Å². The lowest BCUT2D eigenvalue weighted by Crippen LogP contribution is -2.43. The molecule has 1 heterocycles. The molecule has 0 spiro atoms. The molecule has 1 aliphatic heterocycles. The van der Waals surface area contributed by atoms with Gasteiger partial charge >= 0.3 is 0 Å². The Balaban J connectivity index is 1.71. The lowest BCUT2D eigenvalue weighted by Gasteiger charge is -2.37. The van der Waals surface area contributed by atoms with Crippen molar-refractivity contribution < 1.29 is 4.74 Å². The number of halogens is 1. The van der Waals surface area contributed by atoms with Crippen LogP contribution in [0.1, 0.15) is 38.5 Å². The Labute approximate surface area is 132 Å². The van der Waals surface area contributed by atoms with Gasteiger partial charge in [0.05, 0.1) is 12.1 Å². The van der Waals surface area contributed by atoms with Crippen LogP contribution in [0.5, 0.6) is 5.75 Å². The van der Waals surface area contributed by atoms with Crippen molar-refractivity contribution in [3.05, 3.63) is 23.2 Å². The summed E-state index contributed by atoms with van der Waals surface area (Å²) in [4.78, 5) is 0. The summed E-state index contributed by atoms with van der Waals surface area (Å²) in [5.41, 5.74) is 1.12. The molecule has 2 fully saturated rings. The van der Waals surface area contributed by atoms with Gasteiger partial charge in [0.1, 0.15) is 5.75 Å². The maximum absolute atomic E-state index is 6.11. The predicted molar refractivity (Wildman–Crippen MR) is 88.4 cm³/mol. The van der Waals surface area contributed by atoms with Crippen LogP contribution in [0.25, 0.3) is 0 Å². The Morgan fingerprint density at radius 3 is 2.81 bits per heavy atom. The van der Waals surface area contributed by atoms with Crippen LogP contribution < -0.4 is 15.4 Å². The van der Waals surface area contributed by atoms with Gasteiger partial charge in [0, 0.05) is 23.8 Å². The zero-order chi connectivity index (χ0) is 14.7. The lowest BCUT2D eigenvalue weighted by molar-refractivity contribution is 0.262. The fourth-order valence-corrected chi connectivity index (χ4v) is 4.06. The quantitative estimate of drug-likeness (QED) is 0.879. The van der Waals surface area contributed by atoms with E-state index < -0.39 is 0 Å². The average molecular weight is 309 g/mol. The highest BCUT2D eigenvalue weighted by molar-refractivity contribution is 6.32. The second-order valence-corrected chi connectivity index (χ2v) is 6.66. The summed E-state index contributed by atoms with van der Waals surface area (Å²) < 4.78 is 5.32. The maximum Gasteiger partial charge on any atom is 0.139 e. The SMILES string of the molecule is COc1cc(NC2CCCCC2C2CCCN2)ccc1Cl. The maximum atomic E-state index is 6.11. The zero-order valence-corrected chi connectivity index (χ0v) is 13.5. The van der Waals surface area contributed by atoms with Crippen LogP contribution in [0.3, 0.4) is 0 Å². The van der Waals surface area contributed by atoms with Gasteiger partial charge in [-0.25, -0.2) is 0 Å². The molecule has 1 aliphatic carbocycles. The number of hydrogen-bond acceptors (Lipinski definition) is 3. The highest BCUT2D eigenvalue weighted by Gasteiger charge is 2.33. The lowest BCUT2D eigenvalue weighted by atomic mass is 9.79. The molecule has 3 rings (SSSR count). The monoisotopic (exact) mass is 308 g/mol. The van der Waals surface area contributed by atoms with E-state index in [-0.39, 0.29) is 0 Å². The molecule has 21 heavy (non-hydrogen) atoms. The largest absolute Gasteiger partial charge is 0.495 e. The van der Waals surface area contributed by atoms with E-state index in [0.717, 1.165) is 17.4 Å². The summed E-state index contributed by atoms with van der Waals surface area (Å²) in [6.45, 7) is 1.18. The molecule has 1 saturated heterocycles. The summed E-state index contributed by atoms with van der Waals surface area (Å²) in [5, 5.41) is 8.09. The summed E-state index contributed by atoms with van der Waals surface area (Å²) in [6.07, 6.45) is 7.93. The first-order valence-corrected chi connectivity index (χ1v) is 8.49. The summed E-state index contributed by atoms with van der Waals surface area (Å²) in [5.74, 6) is 1.48. The molecule has 1 aromatic rings. The van der Waals surface area contributed by atoms with Crippen LogP contribution in [0.4, 0.5) is 5.69 Å². The molecule has 3 atom stereocenters. The van der Waals surface area contributed by atoms with E-state index in [9.17, 15) is 0 Å². The minimum Gasteiger partial charge on any atom is -0.495 e. The molecule has 0 bridgehead atoms. The van der Waals surface area contributed by atoms with Crippen LogP contribution in [0, 0.1) is 5.92 Å². The molecule has 0 amide bonds. The van der Waals surface area contributed by atoms with Gasteiger partial charge in [-0.2, -0.15) is 0 Å². The van der Waals surface area contributed by atoms with Crippen molar-refractivity contribution >= 4 is 17.3 Å². The van der Waals surface area contributed by atoms with E-state index in [4.69, 9.17) is 16.3 Å². The Kier molecular flexibility index (Phi) is 4.91. The van der Waals surface area contributed by atoms with Crippen molar-refractivity contribution in [2.75, 3.05) is 19.0 Å². The smallest absolute Gasteiger partial charge is 0.139 e. The van der Waals surface area contributed by atoms with Crippen molar-refractivity contribution in [2.45, 2.75) is 50.6 Å². The molecule has 1 aromatic carbocycles. The van der Waals surface area contributed by atoms with E-state index in [1.54, 1.807) is 7.11 Å². The Morgan fingerprint density at radius 2 is 2.05 bits per heavy atom. The molecule has 0 radical (unpaired) electrons. The van der Waals surface area contributed by atoms with Crippen molar-refractivity contribution in [3.63, 3.8) is 0 Å². The minimum absolute atomic E-state index is 0.556. The fraction of sp³-hybridized carbons (Fsp3) is 0.647. The number of hydrogen-bond donors (Lipinski definition) is 2. The number of nitrogens with one attached hydrogen (secondary N) is 2. The topological polar surface area (TPSA) is 33.3 Å².